The molecule has 0 spiro atoms. The summed E-state index contributed by atoms with van der Waals surface area (Å²) in [5.74, 6) is 0.120. The van der Waals surface area contributed by atoms with Crippen LogP contribution in [0.4, 0.5) is 0 Å². The van der Waals surface area contributed by atoms with E-state index < -0.39 is 0 Å². The van der Waals surface area contributed by atoms with E-state index in [0.717, 1.165) is 24.8 Å². The van der Waals surface area contributed by atoms with Crippen LogP contribution in [-0.4, -0.2) is 15.4 Å². The first kappa shape index (κ1) is 8.56. The number of Topliss-reactive ketones (excluding diaryl/α,β-unsaturated/α-hetero) is 1. The van der Waals surface area contributed by atoms with E-state index >= 15 is 0 Å². The maximum atomic E-state index is 11.7. The highest BCUT2D eigenvalue weighted by atomic mass is 32.1. The molecule has 1 heterocycles. The first-order valence-electron chi connectivity index (χ1n) is 4.39. The van der Waals surface area contributed by atoms with Crippen molar-refractivity contribution in [3.63, 3.8) is 0 Å². The van der Waals surface area contributed by atoms with Crippen molar-refractivity contribution in [1.29, 1.82) is 0 Å². The molecule has 13 heavy (non-hydrogen) atoms. The van der Waals surface area contributed by atoms with E-state index in [1.54, 1.807) is 6.20 Å². The fraction of sp³-hybridized carbons (Fsp3) is 0.444. The maximum absolute atomic E-state index is 11.7. The number of nitrogens with zero attached hydrogens (tertiary/aromatic N) is 2. The normalized spacial score (nSPS) is 16.8. The van der Waals surface area contributed by atoms with Crippen LogP contribution >= 0.6 is 11.5 Å². The number of hydrogen-bond donors (Lipinski definition) is 0. The predicted octanol–water partition coefficient (Wildman–Crippen LogP) is 2.22. The molecule has 4 heteroatoms. The zero-order valence-electron chi connectivity index (χ0n) is 7.19. The van der Waals surface area contributed by atoms with Crippen LogP contribution in [0.25, 0.3) is 0 Å². The fourth-order valence-corrected chi connectivity index (χ4v) is 1.96. The summed E-state index contributed by atoms with van der Waals surface area (Å²) in [4.78, 5) is 12.4. The Kier molecular flexibility index (Phi) is 2.49. The van der Waals surface area contributed by atoms with Gasteiger partial charge in [-0.05, 0) is 42.8 Å². The lowest BCUT2D eigenvalue weighted by Gasteiger charge is -2.09. The van der Waals surface area contributed by atoms with Gasteiger partial charge < -0.3 is 0 Å². The molecule has 0 aromatic carbocycles. The molecular weight excluding hydrogens is 184 g/mol. The molecule has 1 aliphatic rings. The summed E-state index contributed by atoms with van der Waals surface area (Å²) in [6, 6.07) is 0. The second-order valence-corrected chi connectivity index (χ2v) is 3.87. The average molecular weight is 194 g/mol. The molecule has 1 aromatic heterocycles. The van der Waals surface area contributed by atoms with Crippen LogP contribution in [0.3, 0.4) is 0 Å². The Balaban J connectivity index is 2.17. The molecule has 1 aliphatic carbocycles. The summed E-state index contributed by atoms with van der Waals surface area (Å²) < 4.78 is 3.68. The van der Waals surface area contributed by atoms with Gasteiger partial charge in [0.15, 0.2) is 0 Å². The van der Waals surface area contributed by atoms with Gasteiger partial charge in [-0.1, -0.05) is 10.6 Å². The molecule has 1 aromatic rings. The van der Waals surface area contributed by atoms with Crippen molar-refractivity contribution < 1.29 is 4.79 Å². The summed E-state index contributed by atoms with van der Waals surface area (Å²) in [7, 11) is 0. The summed E-state index contributed by atoms with van der Waals surface area (Å²) in [5.41, 5.74) is 0.942. The number of rotatable bonds is 2. The maximum Gasteiger partial charge on any atom is 0.201 e. The first-order valence-corrected chi connectivity index (χ1v) is 5.16. The van der Waals surface area contributed by atoms with Crippen molar-refractivity contribution in [2.24, 2.45) is 0 Å². The summed E-state index contributed by atoms with van der Waals surface area (Å²) in [6.07, 6.45) is 7.87. The van der Waals surface area contributed by atoms with Gasteiger partial charge in [0.1, 0.15) is 4.88 Å². The smallest absolute Gasteiger partial charge is 0.201 e. The van der Waals surface area contributed by atoms with E-state index in [4.69, 9.17) is 0 Å². The molecule has 0 bridgehead atoms. The highest BCUT2D eigenvalue weighted by Crippen LogP contribution is 2.21. The van der Waals surface area contributed by atoms with Crippen molar-refractivity contribution in [3.05, 3.63) is 22.7 Å². The standard InChI is InChI=1S/C9H10N2OS/c12-9(8-6-10-11-13-8)7-4-2-1-3-5-7/h4,6H,1-3,5H2. The zero-order valence-corrected chi connectivity index (χ0v) is 8.01. The minimum atomic E-state index is 0.120. The molecule has 0 atom stereocenters. The third kappa shape index (κ3) is 1.83. The Morgan fingerprint density at radius 3 is 3.00 bits per heavy atom. The zero-order chi connectivity index (χ0) is 9.10. The second kappa shape index (κ2) is 3.79. The van der Waals surface area contributed by atoms with Gasteiger partial charge in [0.25, 0.3) is 0 Å². The molecule has 0 fully saturated rings. The van der Waals surface area contributed by atoms with Gasteiger partial charge >= 0.3 is 0 Å². The van der Waals surface area contributed by atoms with E-state index in [1.807, 2.05) is 6.08 Å². The number of ketones is 1. The number of hydrogen-bond acceptors (Lipinski definition) is 4. The first-order chi connectivity index (χ1) is 6.38. The minimum absolute atomic E-state index is 0.120. The van der Waals surface area contributed by atoms with Gasteiger partial charge in [-0.3, -0.25) is 4.79 Å². The number of carbonyl (C=O) groups is 1. The molecule has 68 valence electrons. The lowest BCUT2D eigenvalue weighted by Crippen LogP contribution is -2.04. The topological polar surface area (TPSA) is 42.9 Å². The molecule has 0 amide bonds. The Bertz CT molecular complexity index is 329. The number of carbonyl (C=O) groups excluding carboxylic acids is 1. The molecule has 3 nitrogen and oxygen atoms in total. The van der Waals surface area contributed by atoms with Crippen LogP contribution in [0, 0.1) is 0 Å². The Labute approximate surface area is 80.6 Å². The van der Waals surface area contributed by atoms with E-state index in [2.05, 4.69) is 9.59 Å². The lowest BCUT2D eigenvalue weighted by atomic mass is 9.96. The highest BCUT2D eigenvalue weighted by Gasteiger charge is 2.15. The van der Waals surface area contributed by atoms with E-state index in [-0.39, 0.29) is 5.78 Å². The van der Waals surface area contributed by atoms with Crippen LogP contribution in [0.5, 0.6) is 0 Å². The highest BCUT2D eigenvalue weighted by molar-refractivity contribution is 7.08. The largest absolute Gasteiger partial charge is 0.288 e. The SMILES string of the molecule is O=C(C1=CCCCC1)c1cnns1. The van der Waals surface area contributed by atoms with Crippen molar-refractivity contribution in [3.8, 4) is 0 Å². The predicted molar refractivity (Wildman–Crippen MR) is 50.8 cm³/mol. The van der Waals surface area contributed by atoms with Crippen molar-refractivity contribution in [1.82, 2.24) is 9.59 Å². The van der Waals surface area contributed by atoms with Gasteiger partial charge in [-0.2, -0.15) is 0 Å². The molecule has 0 aliphatic heterocycles. The van der Waals surface area contributed by atoms with Crippen LogP contribution < -0.4 is 0 Å². The van der Waals surface area contributed by atoms with Gasteiger partial charge in [-0.15, -0.1) is 5.10 Å². The van der Waals surface area contributed by atoms with E-state index in [1.165, 1.54) is 18.0 Å². The van der Waals surface area contributed by atoms with Crippen molar-refractivity contribution in [2.45, 2.75) is 25.7 Å². The summed E-state index contributed by atoms with van der Waals surface area (Å²) in [5, 5.41) is 3.66. The Morgan fingerprint density at radius 2 is 2.38 bits per heavy atom. The van der Waals surface area contributed by atoms with E-state index in [9.17, 15) is 4.79 Å². The summed E-state index contributed by atoms with van der Waals surface area (Å²) >= 11 is 1.17. The van der Waals surface area contributed by atoms with Crippen LogP contribution in [0.2, 0.25) is 0 Å². The fourth-order valence-electron chi connectivity index (χ4n) is 1.47. The van der Waals surface area contributed by atoms with E-state index in [0.29, 0.717) is 4.88 Å². The molecule has 0 N–H and O–H groups in total. The van der Waals surface area contributed by atoms with Gasteiger partial charge in [0, 0.05) is 0 Å². The Morgan fingerprint density at radius 1 is 1.46 bits per heavy atom. The quantitative estimate of drug-likeness (QED) is 0.678. The lowest BCUT2D eigenvalue weighted by molar-refractivity contribution is 0.103. The number of allylic oxidation sites excluding steroid dienone is 2. The van der Waals surface area contributed by atoms with Crippen molar-refractivity contribution in [2.75, 3.05) is 0 Å². The van der Waals surface area contributed by atoms with Gasteiger partial charge in [0.05, 0.1) is 6.20 Å². The number of aromatic nitrogens is 2. The second-order valence-electron chi connectivity index (χ2n) is 3.09. The third-order valence-corrected chi connectivity index (χ3v) is 2.83. The van der Waals surface area contributed by atoms with Gasteiger partial charge in [0.2, 0.25) is 5.78 Å². The monoisotopic (exact) mass is 194 g/mol. The average Bonchev–Trinajstić information content (AvgIpc) is 2.71. The molecule has 0 radical (unpaired) electrons. The molecule has 0 saturated heterocycles. The molecule has 0 unspecified atom stereocenters. The molecule has 0 saturated carbocycles. The van der Waals surface area contributed by atoms with Crippen LogP contribution in [-0.2, 0) is 0 Å². The Hall–Kier alpha value is -1.03. The third-order valence-electron chi connectivity index (χ3n) is 2.17. The molecular formula is C9H10N2OS. The minimum Gasteiger partial charge on any atom is -0.288 e. The van der Waals surface area contributed by atoms with Crippen LogP contribution in [0.1, 0.15) is 35.4 Å². The molecule has 2 rings (SSSR count). The van der Waals surface area contributed by atoms with Gasteiger partial charge in [-0.25, -0.2) is 0 Å². The van der Waals surface area contributed by atoms with Crippen LogP contribution in [0.15, 0.2) is 17.8 Å². The van der Waals surface area contributed by atoms with Crippen molar-refractivity contribution >= 4 is 17.3 Å². The summed E-state index contributed by atoms with van der Waals surface area (Å²) in [6.45, 7) is 0.